The van der Waals surface area contributed by atoms with Crippen LogP contribution in [0.1, 0.15) is 51.4 Å². The number of halogens is 1. The largest absolute Gasteiger partial charge is 0.325 e. The zero-order valence-electron chi connectivity index (χ0n) is 19.7. The first-order valence-electron chi connectivity index (χ1n) is 11.2. The second-order valence-corrected chi connectivity index (χ2v) is 10.3. The number of amides is 4. The molecule has 4 amide bonds. The van der Waals surface area contributed by atoms with Crippen molar-refractivity contribution in [1.82, 2.24) is 20.0 Å². The van der Waals surface area contributed by atoms with Crippen LogP contribution in [-0.2, 0) is 9.59 Å². The third kappa shape index (κ3) is 4.36. The van der Waals surface area contributed by atoms with Gasteiger partial charge in [0, 0.05) is 11.4 Å². The monoisotopic (exact) mass is 455 g/mol. The standard InChI is InChI=1S/C24H30FN5O3/c1-14-10-23(4,5)13-24(11-14)21(32)29(22(33)27-24)12-20(31)26-17-6-7-19(18(25)9-17)30-16(3)8-15(2)28-30/h6-9,14H,10-13H2,1-5H3,(H,26,31)(H,27,33)/t14-,24-/m0/s1. The van der Waals surface area contributed by atoms with Gasteiger partial charge in [0.15, 0.2) is 5.82 Å². The molecular weight excluding hydrogens is 425 g/mol. The molecule has 2 aromatic rings. The average molecular weight is 456 g/mol. The molecule has 176 valence electrons. The molecule has 1 aliphatic heterocycles. The minimum Gasteiger partial charge on any atom is -0.324 e. The van der Waals surface area contributed by atoms with Crippen LogP contribution in [0, 0.1) is 31.0 Å². The quantitative estimate of drug-likeness (QED) is 0.687. The van der Waals surface area contributed by atoms with Crippen LogP contribution in [0.3, 0.4) is 0 Å². The summed E-state index contributed by atoms with van der Waals surface area (Å²) in [5, 5.41) is 9.71. The third-order valence-electron chi connectivity index (χ3n) is 6.40. The molecule has 8 nitrogen and oxygen atoms in total. The van der Waals surface area contributed by atoms with Crippen molar-refractivity contribution in [2.45, 2.75) is 59.4 Å². The van der Waals surface area contributed by atoms with Gasteiger partial charge in [0.05, 0.1) is 5.69 Å². The number of hydrogen-bond acceptors (Lipinski definition) is 4. The Hall–Kier alpha value is -3.23. The van der Waals surface area contributed by atoms with Crippen LogP contribution in [0.5, 0.6) is 0 Å². The van der Waals surface area contributed by atoms with Gasteiger partial charge >= 0.3 is 6.03 Å². The van der Waals surface area contributed by atoms with Crippen LogP contribution < -0.4 is 10.6 Å². The first kappa shape index (κ1) is 22.9. The van der Waals surface area contributed by atoms with E-state index in [0.29, 0.717) is 12.8 Å². The fourth-order valence-corrected chi connectivity index (χ4v) is 5.62. The minimum atomic E-state index is -0.966. The highest BCUT2D eigenvalue weighted by Gasteiger charge is 2.56. The molecule has 33 heavy (non-hydrogen) atoms. The first-order chi connectivity index (χ1) is 15.4. The number of carbonyl (C=O) groups excluding carboxylic acids is 3. The summed E-state index contributed by atoms with van der Waals surface area (Å²) in [5.41, 5.74) is 0.998. The molecule has 1 aromatic heterocycles. The summed E-state index contributed by atoms with van der Waals surface area (Å²) in [4.78, 5) is 39.4. The fourth-order valence-electron chi connectivity index (χ4n) is 5.62. The Morgan fingerprint density at radius 3 is 2.58 bits per heavy atom. The van der Waals surface area contributed by atoms with Crippen LogP contribution in [-0.4, -0.2) is 44.6 Å². The molecule has 1 aliphatic carbocycles. The van der Waals surface area contributed by atoms with E-state index in [1.807, 2.05) is 19.9 Å². The topological polar surface area (TPSA) is 96.3 Å². The molecule has 2 N–H and O–H groups in total. The Labute approximate surface area is 192 Å². The van der Waals surface area contributed by atoms with Crippen molar-refractivity contribution in [3.8, 4) is 5.69 Å². The molecule has 0 bridgehead atoms. The van der Waals surface area contributed by atoms with Gasteiger partial charge in [-0.3, -0.25) is 14.5 Å². The van der Waals surface area contributed by atoms with Crippen LogP contribution in [0.2, 0.25) is 0 Å². The molecule has 2 aliphatic rings. The lowest BCUT2D eigenvalue weighted by Crippen LogP contribution is -2.54. The number of nitrogens with zero attached hydrogens (tertiary/aromatic N) is 3. The number of aromatic nitrogens is 2. The van der Waals surface area contributed by atoms with Gasteiger partial charge in [-0.2, -0.15) is 5.10 Å². The smallest absolute Gasteiger partial charge is 0.324 e. The second kappa shape index (κ2) is 7.97. The molecule has 4 rings (SSSR count). The highest BCUT2D eigenvalue weighted by atomic mass is 19.1. The lowest BCUT2D eigenvalue weighted by atomic mass is 9.64. The Kier molecular flexibility index (Phi) is 5.54. The molecule has 1 saturated carbocycles. The molecule has 0 unspecified atom stereocenters. The Morgan fingerprint density at radius 1 is 1.24 bits per heavy atom. The summed E-state index contributed by atoms with van der Waals surface area (Å²) in [7, 11) is 0. The average Bonchev–Trinajstić information content (AvgIpc) is 3.11. The van der Waals surface area contributed by atoms with Crippen molar-refractivity contribution >= 4 is 23.5 Å². The number of urea groups is 1. The summed E-state index contributed by atoms with van der Waals surface area (Å²) in [6.45, 7) is 9.47. The lowest BCUT2D eigenvalue weighted by Gasteiger charge is -2.43. The van der Waals surface area contributed by atoms with E-state index >= 15 is 0 Å². The van der Waals surface area contributed by atoms with E-state index in [-0.39, 0.29) is 28.6 Å². The minimum absolute atomic E-state index is 0.0936. The van der Waals surface area contributed by atoms with Crippen LogP contribution in [0.4, 0.5) is 14.9 Å². The molecule has 2 fully saturated rings. The normalized spacial score (nSPS) is 24.3. The third-order valence-corrected chi connectivity index (χ3v) is 6.40. The van der Waals surface area contributed by atoms with Gasteiger partial charge in [0.25, 0.3) is 5.91 Å². The Morgan fingerprint density at radius 2 is 1.97 bits per heavy atom. The Balaban J connectivity index is 1.46. The van der Waals surface area contributed by atoms with Crippen molar-refractivity contribution in [2.75, 3.05) is 11.9 Å². The van der Waals surface area contributed by atoms with Crippen LogP contribution in [0.15, 0.2) is 24.3 Å². The summed E-state index contributed by atoms with van der Waals surface area (Å²) in [6.07, 6.45) is 2.06. The highest BCUT2D eigenvalue weighted by molar-refractivity contribution is 6.10. The zero-order chi connectivity index (χ0) is 24.1. The van der Waals surface area contributed by atoms with Crippen molar-refractivity contribution < 1.29 is 18.8 Å². The molecule has 2 atom stereocenters. The zero-order valence-corrected chi connectivity index (χ0v) is 19.7. The lowest BCUT2D eigenvalue weighted by molar-refractivity contribution is -0.136. The number of anilines is 1. The SMILES string of the molecule is Cc1cc(C)n(-c2ccc(NC(=O)CN3C(=O)N[C@]4(C[C@@H](C)CC(C)(C)C4)C3=O)cc2F)n1. The Bertz CT molecular complexity index is 1140. The molecule has 1 spiro atoms. The molecule has 1 saturated heterocycles. The predicted octanol–water partition coefficient (Wildman–Crippen LogP) is 3.70. The van der Waals surface area contributed by atoms with Gasteiger partial charge in [-0.15, -0.1) is 0 Å². The molecule has 0 radical (unpaired) electrons. The van der Waals surface area contributed by atoms with E-state index in [9.17, 15) is 18.8 Å². The number of hydrogen-bond donors (Lipinski definition) is 2. The van der Waals surface area contributed by atoms with E-state index < -0.39 is 29.8 Å². The van der Waals surface area contributed by atoms with Crippen molar-refractivity contribution in [3.05, 3.63) is 41.5 Å². The van der Waals surface area contributed by atoms with Gasteiger partial charge < -0.3 is 10.6 Å². The first-order valence-corrected chi connectivity index (χ1v) is 11.2. The summed E-state index contributed by atoms with van der Waals surface area (Å²) in [6, 6.07) is 5.56. The maximum absolute atomic E-state index is 14.7. The van der Waals surface area contributed by atoms with E-state index in [4.69, 9.17) is 0 Å². The number of benzene rings is 1. The van der Waals surface area contributed by atoms with E-state index in [1.165, 1.54) is 16.8 Å². The number of aryl methyl sites for hydroxylation is 2. The maximum atomic E-state index is 14.7. The number of rotatable bonds is 4. The summed E-state index contributed by atoms with van der Waals surface area (Å²) < 4.78 is 16.2. The van der Waals surface area contributed by atoms with Gasteiger partial charge in [0.1, 0.15) is 17.8 Å². The van der Waals surface area contributed by atoms with E-state index in [0.717, 1.165) is 22.7 Å². The van der Waals surface area contributed by atoms with Gasteiger partial charge in [-0.1, -0.05) is 20.8 Å². The highest BCUT2D eigenvalue weighted by Crippen LogP contribution is 2.46. The number of carbonyl (C=O) groups is 3. The van der Waals surface area contributed by atoms with Crippen LogP contribution in [0.25, 0.3) is 5.69 Å². The molecule has 9 heteroatoms. The predicted molar refractivity (Wildman–Crippen MR) is 121 cm³/mol. The van der Waals surface area contributed by atoms with Crippen molar-refractivity contribution in [1.29, 1.82) is 0 Å². The fraction of sp³-hybridized carbons (Fsp3) is 0.500. The van der Waals surface area contributed by atoms with Crippen molar-refractivity contribution in [3.63, 3.8) is 0 Å². The maximum Gasteiger partial charge on any atom is 0.325 e. The van der Waals surface area contributed by atoms with Crippen molar-refractivity contribution in [2.24, 2.45) is 11.3 Å². The van der Waals surface area contributed by atoms with Gasteiger partial charge in [0.2, 0.25) is 5.91 Å². The van der Waals surface area contributed by atoms with Gasteiger partial charge in [-0.25, -0.2) is 13.9 Å². The van der Waals surface area contributed by atoms with E-state index in [1.54, 1.807) is 6.07 Å². The summed E-state index contributed by atoms with van der Waals surface area (Å²) >= 11 is 0. The molecule has 1 aromatic carbocycles. The number of nitrogens with one attached hydrogen (secondary N) is 2. The summed E-state index contributed by atoms with van der Waals surface area (Å²) in [5.74, 6) is -1.22. The second-order valence-electron chi connectivity index (χ2n) is 10.3. The van der Waals surface area contributed by atoms with Gasteiger partial charge in [-0.05, 0) is 68.7 Å². The molecular formula is C24H30FN5O3. The molecule has 2 heterocycles. The van der Waals surface area contributed by atoms with E-state index in [2.05, 4.69) is 36.5 Å². The van der Waals surface area contributed by atoms with Crippen LogP contribution >= 0.6 is 0 Å². The number of imide groups is 1.